The smallest absolute Gasteiger partial charge is 0.196 e. The zero-order chi connectivity index (χ0) is 5.98. The van der Waals surface area contributed by atoms with Crippen LogP contribution in [0.25, 0.3) is 0 Å². The Kier molecular flexibility index (Phi) is 1.53. The van der Waals surface area contributed by atoms with Crippen LogP contribution in [-0.2, 0) is 9.47 Å². The Bertz CT molecular complexity index is 98.7. The summed E-state index contributed by atoms with van der Waals surface area (Å²) in [5, 5.41) is 0. The average molecular weight is 114 g/mol. The van der Waals surface area contributed by atoms with E-state index < -0.39 is 0 Å². The van der Waals surface area contributed by atoms with E-state index in [1.807, 2.05) is 19.9 Å². The zero-order valence-corrected chi connectivity index (χ0v) is 5.13. The van der Waals surface area contributed by atoms with E-state index >= 15 is 0 Å². The summed E-state index contributed by atoms with van der Waals surface area (Å²) >= 11 is 0. The highest BCUT2D eigenvalue weighted by Gasteiger charge is 2.08. The Hall–Kier alpha value is -0.500. The molecule has 0 saturated carbocycles. The molecule has 0 aromatic carbocycles. The van der Waals surface area contributed by atoms with Crippen LogP contribution in [0.4, 0.5) is 0 Å². The van der Waals surface area contributed by atoms with Gasteiger partial charge >= 0.3 is 0 Å². The van der Waals surface area contributed by atoms with Gasteiger partial charge in [0.25, 0.3) is 0 Å². The minimum Gasteiger partial charge on any atom is -0.473 e. The van der Waals surface area contributed by atoms with Gasteiger partial charge in [-0.1, -0.05) is 0 Å². The van der Waals surface area contributed by atoms with Crippen molar-refractivity contribution in [1.82, 2.24) is 0 Å². The van der Waals surface area contributed by atoms with E-state index in [-0.39, 0.29) is 12.4 Å². The van der Waals surface area contributed by atoms with Gasteiger partial charge in [-0.15, -0.1) is 0 Å². The molecule has 2 unspecified atom stereocenters. The summed E-state index contributed by atoms with van der Waals surface area (Å²) < 4.78 is 10.1. The maximum absolute atomic E-state index is 5.18. The topological polar surface area (TPSA) is 18.5 Å². The first kappa shape index (κ1) is 5.63. The fraction of sp³-hybridized carbons (Fsp3) is 0.667. The first-order chi connectivity index (χ1) is 3.79. The van der Waals surface area contributed by atoms with E-state index in [9.17, 15) is 0 Å². The van der Waals surface area contributed by atoms with Gasteiger partial charge in [0.05, 0.1) is 12.4 Å². The van der Waals surface area contributed by atoms with Gasteiger partial charge in [0.2, 0.25) is 0 Å². The van der Waals surface area contributed by atoms with E-state index in [0.717, 1.165) is 0 Å². The van der Waals surface area contributed by atoms with Crippen molar-refractivity contribution in [2.24, 2.45) is 0 Å². The quantitative estimate of drug-likeness (QED) is 0.472. The predicted molar refractivity (Wildman–Crippen MR) is 30.2 cm³/mol. The summed E-state index contributed by atoms with van der Waals surface area (Å²) in [6.45, 7) is 3.86. The van der Waals surface area contributed by atoms with Crippen LogP contribution in [0.5, 0.6) is 0 Å². The molecule has 0 aromatic heterocycles. The molecule has 1 rings (SSSR count). The SMILES string of the molecule is CC1C=COC(C)O1. The van der Waals surface area contributed by atoms with Gasteiger partial charge < -0.3 is 9.47 Å². The van der Waals surface area contributed by atoms with E-state index in [2.05, 4.69) is 0 Å². The van der Waals surface area contributed by atoms with Crippen LogP contribution in [0.15, 0.2) is 12.3 Å². The third kappa shape index (κ3) is 1.23. The molecule has 0 N–H and O–H groups in total. The number of rotatable bonds is 0. The van der Waals surface area contributed by atoms with Crippen LogP contribution < -0.4 is 0 Å². The van der Waals surface area contributed by atoms with Gasteiger partial charge in [0.1, 0.15) is 0 Å². The standard InChI is InChI=1S/C6H10O2/c1-5-3-4-7-6(2)8-5/h3-6H,1-2H3. The molecule has 0 radical (unpaired) electrons. The van der Waals surface area contributed by atoms with Crippen molar-refractivity contribution < 1.29 is 9.47 Å². The van der Waals surface area contributed by atoms with Crippen molar-refractivity contribution in [2.45, 2.75) is 26.2 Å². The summed E-state index contributed by atoms with van der Waals surface area (Å²) in [5.41, 5.74) is 0. The fourth-order valence-electron chi connectivity index (χ4n) is 0.646. The second-order valence-electron chi connectivity index (χ2n) is 1.87. The number of hydrogen-bond donors (Lipinski definition) is 0. The zero-order valence-electron chi connectivity index (χ0n) is 5.13. The largest absolute Gasteiger partial charge is 0.473 e. The Morgan fingerprint density at radius 2 is 2.12 bits per heavy atom. The van der Waals surface area contributed by atoms with Crippen molar-refractivity contribution in [1.29, 1.82) is 0 Å². The maximum atomic E-state index is 5.18. The molecule has 2 heteroatoms. The van der Waals surface area contributed by atoms with Crippen LogP contribution >= 0.6 is 0 Å². The molecule has 1 heterocycles. The normalized spacial score (nSPS) is 36.8. The molecule has 2 atom stereocenters. The van der Waals surface area contributed by atoms with Gasteiger partial charge in [-0.05, 0) is 19.9 Å². The molecule has 1 aliphatic rings. The lowest BCUT2D eigenvalue weighted by Gasteiger charge is -2.20. The van der Waals surface area contributed by atoms with Crippen molar-refractivity contribution in [3.8, 4) is 0 Å². The first-order valence-electron chi connectivity index (χ1n) is 2.76. The summed E-state index contributed by atoms with van der Waals surface area (Å²) in [4.78, 5) is 0. The lowest BCUT2D eigenvalue weighted by atomic mass is 10.4. The highest BCUT2D eigenvalue weighted by Crippen LogP contribution is 2.06. The molecule has 8 heavy (non-hydrogen) atoms. The van der Waals surface area contributed by atoms with Gasteiger partial charge in [0, 0.05) is 0 Å². The molecule has 46 valence electrons. The highest BCUT2D eigenvalue weighted by atomic mass is 16.7. The average Bonchev–Trinajstić information content (AvgIpc) is 1.64. The predicted octanol–water partition coefficient (Wildman–Crippen LogP) is 1.28. The molecule has 0 saturated heterocycles. The molecular weight excluding hydrogens is 104 g/mol. The van der Waals surface area contributed by atoms with Crippen LogP contribution in [0.3, 0.4) is 0 Å². The second kappa shape index (κ2) is 2.18. The Labute approximate surface area is 49.1 Å². The molecule has 0 spiro atoms. The molecule has 0 aliphatic carbocycles. The summed E-state index contributed by atoms with van der Waals surface area (Å²) in [6.07, 6.45) is 3.69. The minimum absolute atomic E-state index is 0.0741. The van der Waals surface area contributed by atoms with Crippen molar-refractivity contribution in [3.05, 3.63) is 12.3 Å². The van der Waals surface area contributed by atoms with Crippen molar-refractivity contribution in [2.75, 3.05) is 0 Å². The molecule has 0 fully saturated rings. The maximum Gasteiger partial charge on any atom is 0.196 e. The van der Waals surface area contributed by atoms with Gasteiger partial charge in [-0.2, -0.15) is 0 Å². The molecule has 1 aliphatic heterocycles. The summed E-state index contributed by atoms with van der Waals surface area (Å²) in [5.74, 6) is 0. The van der Waals surface area contributed by atoms with Gasteiger partial charge in [-0.3, -0.25) is 0 Å². The van der Waals surface area contributed by atoms with E-state index in [1.165, 1.54) is 0 Å². The van der Waals surface area contributed by atoms with Crippen molar-refractivity contribution in [3.63, 3.8) is 0 Å². The fourth-order valence-corrected chi connectivity index (χ4v) is 0.646. The van der Waals surface area contributed by atoms with Crippen LogP contribution in [-0.4, -0.2) is 12.4 Å². The Morgan fingerprint density at radius 1 is 1.38 bits per heavy atom. The van der Waals surface area contributed by atoms with E-state index in [4.69, 9.17) is 9.47 Å². The number of ether oxygens (including phenoxy) is 2. The van der Waals surface area contributed by atoms with E-state index in [1.54, 1.807) is 6.26 Å². The van der Waals surface area contributed by atoms with Gasteiger partial charge in [0.15, 0.2) is 6.29 Å². The Morgan fingerprint density at radius 3 is 2.50 bits per heavy atom. The van der Waals surface area contributed by atoms with E-state index in [0.29, 0.717) is 0 Å². The molecule has 0 bridgehead atoms. The summed E-state index contributed by atoms with van der Waals surface area (Å²) in [7, 11) is 0. The third-order valence-corrected chi connectivity index (χ3v) is 1.03. The third-order valence-electron chi connectivity index (χ3n) is 1.03. The minimum atomic E-state index is -0.0741. The molecular formula is C6H10O2. The second-order valence-corrected chi connectivity index (χ2v) is 1.87. The molecule has 2 nitrogen and oxygen atoms in total. The molecule has 0 amide bonds. The lowest BCUT2D eigenvalue weighted by molar-refractivity contribution is -0.126. The van der Waals surface area contributed by atoms with Crippen LogP contribution in [0, 0.1) is 0 Å². The van der Waals surface area contributed by atoms with Crippen molar-refractivity contribution >= 4 is 0 Å². The van der Waals surface area contributed by atoms with Crippen LogP contribution in [0.1, 0.15) is 13.8 Å². The lowest BCUT2D eigenvalue weighted by Crippen LogP contribution is -2.20. The monoisotopic (exact) mass is 114 g/mol. The van der Waals surface area contributed by atoms with Crippen LogP contribution in [0.2, 0.25) is 0 Å². The molecule has 0 aromatic rings. The van der Waals surface area contributed by atoms with Gasteiger partial charge in [-0.25, -0.2) is 0 Å². The first-order valence-corrected chi connectivity index (χ1v) is 2.76. The highest BCUT2D eigenvalue weighted by molar-refractivity contribution is 4.84. The summed E-state index contributed by atoms with van der Waals surface area (Å²) in [6, 6.07) is 0. The number of hydrogen-bond acceptors (Lipinski definition) is 2. The Balaban J connectivity index is 2.42.